The average Bonchev–Trinajstić information content (AvgIpc) is 2.70. The highest BCUT2D eigenvalue weighted by Gasteiger charge is 2.24. The molecule has 0 radical (unpaired) electrons. The third kappa shape index (κ3) is 2.61. The number of nitrogens with zero attached hydrogens (tertiary/aromatic N) is 2. The molecule has 0 aliphatic carbocycles. The van der Waals surface area contributed by atoms with Gasteiger partial charge in [0.15, 0.2) is 0 Å². The molecule has 0 bridgehead atoms. The van der Waals surface area contributed by atoms with Crippen LogP contribution in [0.5, 0.6) is 0 Å². The summed E-state index contributed by atoms with van der Waals surface area (Å²) < 4.78 is 0. The summed E-state index contributed by atoms with van der Waals surface area (Å²) in [5.41, 5.74) is 2.74. The van der Waals surface area contributed by atoms with E-state index < -0.39 is 0 Å². The molecule has 0 saturated carbocycles. The molecule has 2 amide bonds. The summed E-state index contributed by atoms with van der Waals surface area (Å²) >= 11 is 0. The highest BCUT2D eigenvalue weighted by Crippen LogP contribution is 2.30. The first kappa shape index (κ1) is 13.5. The number of carbonyl (C=O) groups is 2. The normalized spacial score (nSPS) is 13.6. The van der Waals surface area contributed by atoms with E-state index in [-0.39, 0.29) is 11.8 Å². The molecule has 0 unspecified atom stereocenters. The van der Waals surface area contributed by atoms with Gasteiger partial charge in [0.2, 0.25) is 11.8 Å². The molecular weight excluding hydrogens is 242 g/mol. The van der Waals surface area contributed by atoms with Crippen molar-refractivity contribution < 1.29 is 9.59 Å². The van der Waals surface area contributed by atoms with Crippen LogP contribution in [0.15, 0.2) is 18.2 Å². The summed E-state index contributed by atoms with van der Waals surface area (Å²) in [6, 6.07) is 5.69. The molecule has 1 N–H and O–H groups in total. The molecule has 0 fully saturated rings. The highest BCUT2D eigenvalue weighted by molar-refractivity contribution is 6.02. The van der Waals surface area contributed by atoms with Gasteiger partial charge in [-0.3, -0.25) is 9.59 Å². The summed E-state index contributed by atoms with van der Waals surface area (Å²) in [7, 11) is 3.52. The van der Waals surface area contributed by atoms with Gasteiger partial charge in [-0.15, -0.1) is 0 Å². The zero-order valence-corrected chi connectivity index (χ0v) is 11.6. The molecule has 1 aliphatic rings. The van der Waals surface area contributed by atoms with Crippen LogP contribution in [0.2, 0.25) is 0 Å². The van der Waals surface area contributed by atoms with Crippen molar-refractivity contribution in [3.05, 3.63) is 23.8 Å². The minimum atomic E-state index is 0.0134. The molecule has 2 rings (SSSR count). The zero-order chi connectivity index (χ0) is 14.0. The van der Waals surface area contributed by atoms with Crippen LogP contribution < -0.4 is 15.1 Å². The van der Waals surface area contributed by atoms with Crippen LogP contribution in [-0.2, 0) is 16.0 Å². The topological polar surface area (TPSA) is 52.7 Å². The standard InChI is InChI=1S/C14H19N3O2/c1-4-15-9-14(19)16(2)11-5-6-12-10(7-11)8-13(18)17(12)3/h5-7,15H,4,8-9H2,1-3H3. The fourth-order valence-corrected chi connectivity index (χ4v) is 2.16. The number of hydrogen-bond donors (Lipinski definition) is 1. The van der Waals surface area contributed by atoms with Gasteiger partial charge < -0.3 is 15.1 Å². The fraction of sp³-hybridized carbons (Fsp3) is 0.429. The van der Waals surface area contributed by atoms with Gasteiger partial charge in [-0.1, -0.05) is 6.92 Å². The summed E-state index contributed by atoms with van der Waals surface area (Å²) in [6.45, 7) is 3.05. The van der Waals surface area contributed by atoms with E-state index in [2.05, 4.69) is 5.32 Å². The van der Waals surface area contributed by atoms with Crippen LogP contribution in [-0.4, -0.2) is 39.0 Å². The number of nitrogens with one attached hydrogen (secondary N) is 1. The molecule has 1 heterocycles. The Morgan fingerprint density at radius 2 is 2.21 bits per heavy atom. The van der Waals surface area contributed by atoms with E-state index in [1.165, 1.54) is 0 Å². The lowest BCUT2D eigenvalue weighted by Gasteiger charge is -2.19. The van der Waals surface area contributed by atoms with Crippen molar-refractivity contribution >= 4 is 23.2 Å². The quantitative estimate of drug-likeness (QED) is 0.871. The lowest BCUT2D eigenvalue weighted by atomic mass is 10.1. The number of hydrogen-bond acceptors (Lipinski definition) is 3. The maximum Gasteiger partial charge on any atom is 0.240 e. The summed E-state index contributed by atoms with van der Waals surface area (Å²) in [5, 5.41) is 3.01. The van der Waals surface area contributed by atoms with E-state index >= 15 is 0 Å². The van der Waals surface area contributed by atoms with Gasteiger partial charge >= 0.3 is 0 Å². The van der Waals surface area contributed by atoms with Gasteiger partial charge in [-0.2, -0.15) is 0 Å². The number of rotatable bonds is 4. The maximum atomic E-state index is 11.9. The smallest absolute Gasteiger partial charge is 0.240 e. The third-order valence-electron chi connectivity index (χ3n) is 3.43. The first-order valence-electron chi connectivity index (χ1n) is 6.41. The molecule has 0 saturated heterocycles. The lowest BCUT2D eigenvalue weighted by Crippen LogP contribution is -2.35. The fourth-order valence-electron chi connectivity index (χ4n) is 2.16. The number of benzene rings is 1. The number of anilines is 2. The largest absolute Gasteiger partial charge is 0.315 e. The van der Waals surface area contributed by atoms with Crippen molar-refractivity contribution in [2.45, 2.75) is 13.3 Å². The predicted octanol–water partition coefficient (Wildman–Crippen LogP) is 0.778. The Labute approximate surface area is 113 Å². The number of amides is 2. The van der Waals surface area contributed by atoms with E-state index in [1.807, 2.05) is 25.1 Å². The molecule has 5 nitrogen and oxygen atoms in total. The van der Waals surface area contributed by atoms with E-state index in [4.69, 9.17) is 0 Å². The van der Waals surface area contributed by atoms with Crippen LogP contribution in [0.1, 0.15) is 12.5 Å². The van der Waals surface area contributed by atoms with Gasteiger partial charge in [0.05, 0.1) is 13.0 Å². The molecule has 0 aromatic heterocycles. The zero-order valence-electron chi connectivity index (χ0n) is 11.6. The van der Waals surface area contributed by atoms with Crippen LogP contribution in [0.3, 0.4) is 0 Å². The van der Waals surface area contributed by atoms with Crippen molar-refractivity contribution in [3.8, 4) is 0 Å². The van der Waals surface area contributed by atoms with E-state index in [9.17, 15) is 9.59 Å². The summed E-state index contributed by atoms with van der Waals surface area (Å²) in [4.78, 5) is 26.8. The van der Waals surface area contributed by atoms with Gasteiger partial charge in [-0.05, 0) is 30.3 Å². The van der Waals surface area contributed by atoms with Crippen LogP contribution in [0.4, 0.5) is 11.4 Å². The lowest BCUT2D eigenvalue weighted by molar-refractivity contribution is -0.118. The highest BCUT2D eigenvalue weighted by atomic mass is 16.2. The Morgan fingerprint density at radius 1 is 1.47 bits per heavy atom. The van der Waals surface area contributed by atoms with Crippen LogP contribution in [0.25, 0.3) is 0 Å². The number of fused-ring (bicyclic) bond motifs is 1. The van der Waals surface area contributed by atoms with Crippen molar-refractivity contribution in [1.82, 2.24) is 5.32 Å². The Hall–Kier alpha value is -1.88. The van der Waals surface area contributed by atoms with Gasteiger partial charge in [0.25, 0.3) is 0 Å². The third-order valence-corrected chi connectivity index (χ3v) is 3.43. The molecule has 1 aromatic rings. The molecule has 0 spiro atoms. The van der Waals surface area contributed by atoms with Crippen LogP contribution >= 0.6 is 0 Å². The molecule has 0 atom stereocenters. The van der Waals surface area contributed by atoms with Crippen molar-refractivity contribution in [2.24, 2.45) is 0 Å². The Balaban J connectivity index is 2.17. The number of likely N-dealkylation sites (N-methyl/N-ethyl adjacent to an activating group) is 3. The maximum absolute atomic E-state index is 11.9. The van der Waals surface area contributed by atoms with Crippen LogP contribution in [0, 0.1) is 0 Å². The van der Waals surface area contributed by atoms with Gasteiger partial charge in [-0.25, -0.2) is 0 Å². The molecule has 19 heavy (non-hydrogen) atoms. The summed E-state index contributed by atoms with van der Waals surface area (Å²) in [6.07, 6.45) is 0.412. The minimum absolute atomic E-state index is 0.0134. The second-order valence-corrected chi connectivity index (χ2v) is 4.68. The Kier molecular flexibility index (Phi) is 3.85. The van der Waals surface area contributed by atoms with Crippen molar-refractivity contribution in [2.75, 3.05) is 37.0 Å². The van der Waals surface area contributed by atoms with Crippen molar-refractivity contribution in [3.63, 3.8) is 0 Å². The predicted molar refractivity (Wildman–Crippen MR) is 75.5 cm³/mol. The first-order chi connectivity index (χ1) is 9.04. The Morgan fingerprint density at radius 3 is 2.89 bits per heavy atom. The van der Waals surface area contributed by atoms with E-state index in [1.54, 1.807) is 23.9 Å². The van der Waals surface area contributed by atoms with Crippen molar-refractivity contribution in [1.29, 1.82) is 0 Å². The Bertz CT molecular complexity index is 513. The number of carbonyl (C=O) groups excluding carboxylic acids is 2. The minimum Gasteiger partial charge on any atom is -0.315 e. The second kappa shape index (κ2) is 5.40. The summed E-state index contributed by atoms with van der Waals surface area (Å²) in [5.74, 6) is 0.105. The molecule has 102 valence electrons. The SMILES string of the molecule is CCNCC(=O)N(C)c1ccc2c(c1)CC(=O)N2C. The van der Waals surface area contributed by atoms with Gasteiger partial charge in [0.1, 0.15) is 0 Å². The van der Waals surface area contributed by atoms with E-state index in [0.29, 0.717) is 13.0 Å². The van der Waals surface area contributed by atoms with E-state index in [0.717, 1.165) is 23.5 Å². The monoisotopic (exact) mass is 261 g/mol. The van der Waals surface area contributed by atoms with Gasteiger partial charge in [0, 0.05) is 25.5 Å². The molecule has 1 aromatic carbocycles. The average molecular weight is 261 g/mol. The molecule has 5 heteroatoms. The molecule has 1 aliphatic heterocycles. The second-order valence-electron chi connectivity index (χ2n) is 4.68. The first-order valence-corrected chi connectivity index (χ1v) is 6.41. The molecular formula is C14H19N3O2.